The van der Waals surface area contributed by atoms with E-state index in [1.54, 1.807) is 54.6 Å². The average Bonchev–Trinajstić information content (AvgIpc) is 2.93. The van der Waals surface area contributed by atoms with Gasteiger partial charge in [-0.25, -0.2) is 4.79 Å². The molecule has 6 nitrogen and oxygen atoms in total. The molecule has 41 heavy (non-hydrogen) atoms. The van der Waals surface area contributed by atoms with Crippen LogP contribution in [0.4, 0.5) is 36.8 Å². The maximum absolute atomic E-state index is 13.4. The summed E-state index contributed by atoms with van der Waals surface area (Å²) in [4.78, 5) is 27.6. The minimum Gasteiger partial charge on any atom is -0.350 e. The summed E-state index contributed by atoms with van der Waals surface area (Å²) >= 11 is 0. The zero-order valence-electron chi connectivity index (χ0n) is 21.7. The summed E-state index contributed by atoms with van der Waals surface area (Å²) in [6.45, 7) is 0.322. The molecule has 1 unspecified atom stereocenters. The van der Waals surface area contributed by atoms with Gasteiger partial charge in [0.15, 0.2) is 0 Å². The number of urea groups is 1. The van der Waals surface area contributed by atoms with Gasteiger partial charge in [0.1, 0.15) is 6.04 Å². The Labute approximate surface area is 232 Å². The first kappa shape index (κ1) is 29.9. The van der Waals surface area contributed by atoms with E-state index in [9.17, 15) is 35.9 Å². The largest absolute Gasteiger partial charge is 0.416 e. The number of carbonyl (C=O) groups excluding carboxylic acids is 2. The quantitative estimate of drug-likeness (QED) is 0.286. The fraction of sp³-hybridized carbons (Fsp3) is 0.310. The van der Waals surface area contributed by atoms with E-state index in [4.69, 9.17) is 0 Å². The van der Waals surface area contributed by atoms with Crippen LogP contribution in [0.25, 0.3) is 0 Å². The van der Waals surface area contributed by atoms with Crippen molar-refractivity contribution in [3.05, 3.63) is 101 Å². The van der Waals surface area contributed by atoms with Crippen LogP contribution >= 0.6 is 0 Å². The van der Waals surface area contributed by atoms with E-state index in [2.05, 4.69) is 16.0 Å². The molecule has 3 aromatic rings. The SMILES string of the molecule is O=C(Nc1ccccc1)NC1CCN(C(C(=O)NCc2cc(C(F)(F)F)cc(C(F)(F)F)c2)c2ccccc2)CC1. The molecular weight excluding hydrogens is 550 g/mol. The van der Waals surface area contributed by atoms with Gasteiger partial charge in [-0.05, 0) is 54.3 Å². The number of carbonyl (C=O) groups is 2. The molecule has 12 heteroatoms. The first-order chi connectivity index (χ1) is 19.4. The van der Waals surface area contributed by atoms with Crippen molar-refractivity contribution < 1.29 is 35.9 Å². The molecule has 0 aliphatic carbocycles. The molecule has 1 saturated heterocycles. The number of amides is 3. The molecule has 0 saturated carbocycles. The maximum Gasteiger partial charge on any atom is 0.416 e. The van der Waals surface area contributed by atoms with Crippen LogP contribution in [0.5, 0.6) is 0 Å². The smallest absolute Gasteiger partial charge is 0.350 e. The molecule has 1 aliphatic heterocycles. The number of nitrogens with zero attached hydrogens (tertiary/aromatic N) is 1. The van der Waals surface area contributed by atoms with Crippen molar-refractivity contribution in [2.45, 2.75) is 43.8 Å². The summed E-state index contributed by atoms with van der Waals surface area (Å²) in [5.41, 5.74) is -1.94. The van der Waals surface area contributed by atoms with Gasteiger partial charge < -0.3 is 16.0 Å². The number of alkyl halides is 6. The monoisotopic (exact) mass is 578 g/mol. The second-order valence-corrected chi connectivity index (χ2v) is 9.72. The second-order valence-electron chi connectivity index (χ2n) is 9.72. The summed E-state index contributed by atoms with van der Waals surface area (Å²) in [6.07, 6.45) is -8.91. The van der Waals surface area contributed by atoms with E-state index in [1.165, 1.54) is 0 Å². The van der Waals surface area contributed by atoms with E-state index < -0.39 is 42.0 Å². The summed E-state index contributed by atoms with van der Waals surface area (Å²) in [5.74, 6) is -0.560. The minimum absolute atomic E-state index is 0.0520. The third-order valence-corrected chi connectivity index (χ3v) is 6.74. The molecule has 0 bridgehead atoms. The Balaban J connectivity index is 1.43. The first-order valence-electron chi connectivity index (χ1n) is 12.9. The van der Waals surface area contributed by atoms with Crippen LogP contribution in [0.2, 0.25) is 0 Å². The molecule has 218 valence electrons. The highest BCUT2D eigenvalue weighted by Gasteiger charge is 2.37. The molecule has 1 aliphatic rings. The Hall–Kier alpha value is -4.06. The fourth-order valence-corrected chi connectivity index (χ4v) is 4.75. The normalized spacial score (nSPS) is 15.7. The summed E-state index contributed by atoms with van der Waals surface area (Å²) < 4.78 is 79.5. The number of para-hydroxylation sites is 1. The van der Waals surface area contributed by atoms with Crippen molar-refractivity contribution in [2.24, 2.45) is 0 Å². The lowest BCUT2D eigenvalue weighted by Gasteiger charge is -2.37. The molecule has 3 amide bonds. The standard InChI is InChI=1S/C29H28F6N4O2/c30-28(31,32)21-15-19(16-22(17-21)29(33,34)35)18-36-26(40)25(20-7-3-1-4-8-20)39-13-11-24(12-14-39)38-27(41)37-23-9-5-2-6-10-23/h1-10,15-17,24-25H,11-14,18H2,(H,36,40)(H2,37,38,41). The Morgan fingerprint density at radius 3 is 1.88 bits per heavy atom. The predicted octanol–water partition coefficient (Wildman–Crippen LogP) is 6.37. The van der Waals surface area contributed by atoms with Crippen LogP contribution in [-0.4, -0.2) is 36.0 Å². The van der Waals surface area contributed by atoms with Gasteiger partial charge in [0.2, 0.25) is 5.91 Å². The number of rotatable bonds is 7. The number of hydrogen-bond donors (Lipinski definition) is 3. The number of halogens is 6. The van der Waals surface area contributed by atoms with Crippen LogP contribution in [-0.2, 0) is 23.7 Å². The van der Waals surface area contributed by atoms with Crippen molar-refractivity contribution in [3.63, 3.8) is 0 Å². The number of anilines is 1. The Bertz CT molecular complexity index is 1290. The fourth-order valence-electron chi connectivity index (χ4n) is 4.75. The Morgan fingerprint density at radius 2 is 1.34 bits per heavy atom. The average molecular weight is 579 g/mol. The lowest BCUT2D eigenvalue weighted by molar-refractivity contribution is -0.143. The number of nitrogens with one attached hydrogen (secondary N) is 3. The third-order valence-electron chi connectivity index (χ3n) is 6.74. The molecule has 1 heterocycles. The van der Waals surface area contributed by atoms with Crippen molar-refractivity contribution in [2.75, 3.05) is 18.4 Å². The number of benzene rings is 3. The van der Waals surface area contributed by atoms with Crippen LogP contribution in [0, 0.1) is 0 Å². The summed E-state index contributed by atoms with van der Waals surface area (Å²) in [5, 5.41) is 8.20. The van der Waals surface area contributed by atoms with E-state index in [1.807, 2.05) is 11.0 Å². The number of likely N-dealkylation sites (tertiary alicyclic amines) is 1. The highest BCUT2D eigenvalue weighted by atomic mass is 19.4. The maximum atomic E-state index is 13.4. The van der Waals surface area contributed by atoms with Crippen molar-refractivity contribution in [1.29, 1.82) is 0 Å². The van der Waals surface area contributed by atoms with Crippen molar-refractivity contribution >= 4 is 17.6 Å². The van der Waals surface area contributed by atoms with E-state index >= 15 is 0 Å². The highest BCUT2D eigenvalue weighted by Crippen LogP contribution is 2.36. The Morgan fingerprint density at radius 1 is 0.805 bits per heavy atom. The van der Waals surface area contributed by atoms with E-state index in [0.29, 0.717) is 49.3 Å². The molecule has 1 fully saturated rings. The molecule has 1 atom stereocenters. The molecule has 3 aromatic carbocycles. The van der Waals surface area contributed by atoms with Gasteiger partial charge in [0.05, 0.1) is 11.1 Å². The van der Waals surface area contributed by atoms with Crippen LogP contribution in [0.3, 0.4) is 0 Å². The molecular formula is C29H28F6N4O2. The molecule has 0 spiro atoms. The first-order valence-corrected chi connectivity index (χ1v) is 12.9. The second kappa shape index (κ2) is 12.6. The summed E-state index contributed by atoms with van der Waals surface area (Å²) in [7, 11) is 0. The zero-order chi connectivity index (χ0) is 29.6. The topological polar surface area (TPSA) is 73.5 Å². The molecule has 0 radical (unpaired) electrons. The van der Waals surface area contributed by atoms with Gasteiger partial charge in [0, 0.05) is 31.4 Å². The van der Waals surface area contributed by atoms with E-state index in [0.717, 1.165) is 0 Å². The molecule has 4 rings (SSSR count). The number of piperidine rings is 1. The van der Waals surface area contributed by atoms with Gasteiger partial charge in [-0.2, -0.15) is 26.3 Å². The summed E-state index contributed by atoms with van der Waals surface area (Å²) in [6, 6.07) is 17.6. The molecule has 3 N–H and O–H groups in total. The number of hydrogen-bond acceptors (Lipinski definition) is 3. The van der Waals surface area contributed by atoms with Gasteiger partial charge >= 0.3 is 18.4 Å². The van der Waals surface area contributed by atoms with Crippen molar-refractivity contribution in [1.82, 2.24) is 15.5 Å². The molecule has 0 aromatic heterocycles. The Kier molecular flexibility index (Phi) is 9.21. The lowest BCUT2D eigenvalue weighted by atomic mass is 9.98. The third kappa shape index (κ3) is 8.23. The lowest BCUT2D eigenvalue weighted by Crippen LogP contribution is -2.49. The van der Waals surface area contributed by atoms with Crippen LogP contribution < -0.4 is 16.0 Å². The van der Waals surface area contributed by atoms with Gasteiger partial charge in [-0.1, -0.05) is 48.5 Å². The predicted molar refractivity (Wildman–Crippen MR) is 141 cm³/mol. The van der Waals surface area contributed by atoms with Crippen molar-refractivity contribution in [3.8, 4) is 0 Å². The van der Waals surface area contributed by atoms with Crippen LogP contribution in [0.1, 0.15) is 41.1 Å². The van der Waals surface area contributed by atoms with E-state index in [-0.39, 0.29) is 23.7 Å². The zero-order valence-corrected chi connectivity index (χ0v) is 21.7. The van der Waals surface area contributed by atoms with Crippen LogP contribution in [0.15, 0.2) is 78.9 Å². The highest BCUT2D eigenvalue weighted by molar-refractivity contribution is 5.89. The van der Waals surface area contributed by atoms with Gasteiger partial charge in [-0.3, -0.25) is 9.69 Å². The minimum atomic E-state index is -4.98. The van der Waals surface area contributed by atoms with Gasteiger partial charge in [0.25, 0.3) is 0 Å². The van der Waals surface area contributed by atoms with Gasteiger partial charge in [-0.15, -0.1) is 0 Å².